The summed E-state index contributed by atoms with van der Waals surface area (Å²) in [4.78, 5) is 10.4. The van der Waals surface area contributed by atoms with E-state index in [1.54, 1.807) is 0 Å². The molecule has 0 spiro atoms. The van der Waals surface area contributed by atoms with Crippen LogP contribution in [-0.4, -0.2) is 33.9 Å². The van der Waals surface area contributed by atoms with Gasteiger partial charge in [0.15, 0.2) is 0 Å². The summed E-state index contributed by atoms with van der Waals surface area (Å²) in [5, 5.41) is 29.1. The predicted octanol–water partition coefficient (Wildman–Crippen LogP) is 4.08. The highest BCUT2D eigenvalue weighted by Crippen LogP contribution is 2.19. The van der Waals surface area contributed by atoms with Gasteiger partial charge in [-0.3, -0.25) is 10.1 Å². The molecule has 0 rings (SSSR count). The zero-order valence-electron chi connectivity index (χ0n) is 14.3. The highest BCUT2D eigenvalue weighted by Gasteiger charge is 2.40. The Morgan fingerprint density at radius 2 is 1.14 bits per heavy atom. The van der Waals surface area contributed by atoms with Gasteiger partial charge in [-0.25, -0.2) is 0 Å². The van der Waals surface area contributed by atoms with Gasteiger partial charge in [0.1, 0.15) is 13.2 Å². The van der Waals surface area contributed by atoms with Crippen molar-refractivity contribution < 1.29 is 15.1 Å². The molecule has 0 fully saturated rings. The zero-order chi connectivity index (χ0) is 16.7. The molecule has 5 heteroatoms. The van der Waals surface area contributed by atoms with Crippen molar-refractivity contribution in [2.75, 3.05) is 13.2 Å². The number of unbranched alkanes of at least 4 members (excludes halogenated alkanes) is 11. The van der Waals surface area contributed by atoms with Gasteiger partial charge >= 0.3 is 0 Å². The first-order chi connectivity index (χ1) is 10.6. The van der Waals surface area contributed by atoms with Crippen LogP contribution in [-0.2, 0) is 0 Å². The number of nitro groups is 1. The zero-order valence-corrected chi connectivity index (χ0v) is 14.3. The third-order valence-electron chi connectivity index (χ3n) is 4.47. The molecule has 0 aromatic heterocycles. The minimum absolute atomic E-state index is 0.254. The Morgan fingerprint density at radius 3 is 1.45 bits per heavy atom. The lowest BCUT2D eigenvalue weighted by Crippen LogP contribution is -2.45. The van der Waals surface area contributed by atoms with E-state index < -0.39 is 23.7 Å². The van der Waals surface area contributed by atoms with Crippen LogP contribution in [0.1, 0.15) is 90.4 Å². The molecule has 0 aliphatic heterocycles. The molecule has 0 amide bonds. The Bertz CT molecular complexity index is 267. The van der Waals surface area contributed by atoms with Crippen molar-refractivity contribution in [3.63, 3.8) is 0 Å². The summed E-state index contributed by atoms with van der Waals surface area (Å²) < 4.78 is 0. The molecule has 0 aliphatic carbocycles. The molecule has 0 aliphatic rings. The number of hydrogen-bond donors (Lipinski definition) is 2. The van der Waals surface area contributed by atoms with Gasteiger partial charge in [0.25, 0.3) is 5.54 Å². The van der Waals surface area contributed by atoms with Crippen LogP contribution in [0.25, 0.3) is 0 Å². The normalized spacial score (nSPS) is 11.8. The number of nitrogens with zero attached hydrogens (tertiary/aromatic N) is 1. The van der Waals surface area contributed by atoms with Crippen LogP contribution in [0.4, 0.5) is 0 Å². The fourth-order valence-corrected chi connectivity index (χ4v) is 2.71. The molecule has 22 heavy (non-hydrogen) atoms. The van der Waals surface area contributed by atoms with Gasteiger partial charge in [0.05, 0.1) is 0 Å². The molecule has 0 bridgehead atoms. The van der Waals surface area contributed by atoms with E-state index in [-0.39, 0.29) is 6.42 Å². The van der Waals surface area contributed by atoms with E-state index in [9.17, 15) is 10.1 Å². The van der Waals surface area contributed by atoms with E-state index in [1.165, 1.54) is 57.8 Å². The molecule has 0 heterocycles. The minimum Gasteiger partial charge on any atom is -0.389 e. The van der Waals surface area contributed by atoms with Crippen LogP contribution < -0.4 is 0 Å². The summed E-state index contributed by atoms with van der Waals surface area (Å²) in [5.41, 5.74) is -1.54. The Kier molecular flexibility index (Phi) is 13.5. The molecule has 0 unspecified atom stereocenters. The van der Waals surface area contributed by atoms with Gasteiger partial charge in [-0.1, -0.05) is 77.6 Å². The Balaban J connectivity index is 3.44. The van der Waals surface area contributed by atoms with Gasteiger partial charge < -0.3 is 10.2 Å². The fourth-order valence-electron chi connectivity index (χ4n) is 2.71. The van der Waals surface area contributed by atoms with Gasteiger partial charge in [-0.2, -0.15) is 0 Å². The average molecular weight is 317 g/mol. The fraction of sp³-hybridized carbons (Fsp3) is 1.00. The highest BCUT2D eigenvalue weighted by molar-refractivity contribution is 4.77. The molecular formula is C17H35NO4. The van der Waals surface area contributed by atoms with Crippen molar-refractivity contribution in [3.8, 4) is 0 Å². The summed E-state index contributed by atoms with van der Waals surface area (Å²) >= 11 is 0. The molecule has 0 atom stereocenters. The van der Waals surface area contributed by atoms with E-state index in [1.807, 2.05) is 0 Å². The maximum Gasteiger partial charge on any atom is 0.267 e. The maximum atomic E-state index is 10.9. The van der Waals surface area contributed by atoms with Crippen molar-refractivity contribution in [2.45, 2.75) is 95.9 Å². The third kappa shape index (κ3) is 9.36. The van der Waals surface area contributed by atoms with Crippen LogP contribution in [0, 0.1) is 10.1 Å². The number of hydrogen-bond acceptors (Lipinski definition) is 4. The van der Waals surface area contributed by atoms with E-state index in [0.29, 0.717) is 6.42 Å². The summed E-state index contributed by atoms with van der Waals surface area (Å²) in [6.45, 7) is 1.06. The van der Waals surface area contributed by atoms with Crippen LogP contribution in [0.3, 0.4) is 0 Å². The number of aliphatic hydroxyl groups is 2. The van der Waals surface area contributed by atoms with Crippen LogP contribution >= 0.6 is 0 Å². The van der Waals surface area contributed by atoms with E-state index in [4.69, 9.17) is 10.2 Å². The third-order valence-corrected chi connectivity index (χ3v) is 4.47. The van der Waals surface area contributed by atoms with E-state index >= 15 is 0 Å². The Labute approximate surface area is 135 Å². The summed E-state index contributed by atoms with van der Waals surface area (Å²) in [7, 11) is 0. The van der Waals surface area contributed by atoms with E-state index in [0.717, 1.165) is 12.8 Å². The van der Waals surface area contributed by atoms with Crippen molar-refractivity contribution in [2.24, 2.45) is 0 Å². The predicted molar refractivity (Wildman–Crippen MR) is 89.6 cm³/mol. The monoisotopic (exact) mass is 317 g/mol. The quantitative estimate of drug-likeness (QED) is 0.255. The largest absolute Gasteiger partial charge is 0.389 e. The second kappa shape index (κ2) is 13.9. The smallest absolute Gasteiger partial charge is 0.267 e. The first kappa shape index (κ1) is 21.3. The van der Waals surface area contributed by atoms with Crippen LogP contribution in [0.2, 0.25) is 0 Å². The lowest BCUT2D eigenvalue weighted by atomic mass is 9.94. The maximum absolute atomic E-state index is 10.9. The van der Waals surface area contributed by atoms with Gasteiger partial charge in [0, 0.05) is 11.3 Å². The second-order valence-corrected chi connectivity index (χ2v) is 6.44. The average Bonchev–Trinajstić information content (AvgIpc) is 2.52. The first-order valence-electron chi connectivity index (χ1n) is 8.99. The van der Waals surface area contributed by atoms with Crippen molar-refractivity contribution >= 4 is 0 Å². The molecule has 0 saturated carbocycles. The molecule has 5 nitrogen and oxygen atoms in total. The van der Waals surface area contributed by atoms with Crippen molar-refractivity contribution in [1.29, 1.82) is 0 Å². The van der Waals surface area contributed by atoms with Crippen molar-refractivity contribution in [3.05, 3.63) is 10.1 Å². The number of rotatable bonds is 16. The molecule has 2 N–H and O–H groups in total. The summed E-state index contributed by atoms with van der Waals surface area (Å²) in [6.07, 6.45) is 14.7. The SMILES string of the molecule is CCCCCCCCCCCCCCC(CO)(CO)[N+](=O)[O-]. The standard InChI is InChI=1S/C17H35NO4/c1-2-3-4-5-6-7-8-9-10-11-12-13-14-17(15-19,16-20)18(21)22/h19-20H,2-16H2,1H3. The lowest BCUT2D eigenvalue weighted by molar-refractivity contribution is -0.578. The molecule has 0 aromatic carbocycles. The van der Waals surface area contributed by atoms with Gasteiger partial charge in [-0.15, -0.1) is 0 Å². The number of aliphatic hydroxyl groups excluding tert-OH is 2. The Hall–Kier alpha value is -0.680. The van der Waals surface area contributed by atoms with E-state index in [2.05, 4.69) is 6.92 Å². The van der Waals surface area contributed by atoms with Gasteiger partial charge in [-0.05, 0) is 6.42 Å². The van der Waals surface area contributed by atoms with Crippen molar-refractivity contribution in [1.82, 2.24) is 0 Å². The highest BCUT2D eigenvalue weighted by atomic mass is 16.6. The molecule has 132 valence electrons. The minimum atomic E-state index is -1.54. The molecule has 0 saturated heterocycles. The molecule has 0 aromatic rings. The topological polar surface area (TPSA) is 83.6 Å². The van der Waals surface area contributed by atoms with Crippen LogP contribution in [0.5, 0.6) is 0 Å². The lowest BCUT2D eigenvalue weighted by Gasteiger charge is -2.20. The summed E-state index contributed by atoms with van der Waals surface area (Å²) in [5.74, 6) is 0. The second-order valence-electron chi connectivity index (χ2n) is 6.44. The van der Waals surface area contributed by atoms with Crippen LogP contribution in [0.15, 0.2) is 0 Å². The molecular weight excluding hydrogens is 282 g/mol. The summed E-state index contributed by atoms with van der Waals surface area (Å²) in [6, 6.07) is 0. The Morgan fingerprint density at radius 1 is 0.773 bits per heavy atom. The van der Waals surface area contributed by atoms with Gasteiger partial charge in [0.2, 0.25) is 0 Å². The molecule has 0 radical (unpaired) electrons. The first-order valence-corrected chi connectivity index (χ1v) is 8.99.